The van der Waals surface area contributed by atoms with E-state index in [1.807, 2.05) is 43.0 Å². The zero-order valence-corrected chi connectivity index (χ0v) is 20.8. The van der Waals surface area contributed by atoms with E-state index >= 15 is 0 Å². The summed E-state index contributed by atoms with van der Waals surface area (Å²) in [6.45, 7) is 5.56. The van der Waals surface area contributed by atoms with Gasteiger partial charge in [0, 0.05) is 17.5 Å². The van der Waals surface area contributed by atoms with Crippen molar-refractivity contribution in [3.05, 3.63) is 70.6 Å². The number of hydrogen-bond acceptors (Lipinski definition) is 7. The summed E-state index contributed by atoms with van der Waals surface area (Å²) in [5.41, 5.74) is 3.52. The minimum absolute atomic E-state index is 0.136. The van der Waals surface area contributed by atoms with Crippen molar-refractivity contribution in [3.8, 4) is 17.2 Å². The average molecular weight is 495 g/mol. The Kier molecular flexibility index (Phi) is 6.65. The Bertz CT molecular complexity index is 1310. The van der Waals surface area contributed by atoms with Crippen LogP contribution in [0.1, 0.15) is 29.9 Å². The van der Waals surface area contributed by atoms with E-state index in [0.717, 1.165) is 11.3 Å². The van der Waals surface area contributed by atoms with Gasteiger partial charge in [-0.2, -0.15) is 0 Å². The number of hydrogen-bond donors (Lipinski definition) is 3. The van der Waals surface area contributed by atoms with Crippen LogP contribution in [0, 0.1) is 13.8 Å². The number of amides is 1. The molecular formula is C25H26N4O5S. The first kappa shape index (κ1) is 24.1. The molecule has 2 aromatic carbocycles. The molecule has 1 amide bonds. The number of allylic oxidation sites excluding steroid dienone is 1. The van der Waals surface area contributed by atoms with Gasteiger partial charge in [0.1, 0.15) is 5.76 Å². The summed E-state index contributed by atoms with van der Waals surface area (Å²) in [6.07, 6.45) is 0. The number of methoxy groups -OCH3 is 2. The molecule has 0 bridgehead atoms. The van der Waals surface area contributed by atoms with Crippen molar-refractivity contribution in [3.63, 3.8) is 0 Å². The first-order valence-corrected chi connectivity index (χ1v) is 11.2. The number of phenolic OH excluding ortho intramolecular Hbond substituents is 1. The third-order valence-electron chi connectivity index (χ3n) is 5.69. The fourth-order valence-electron chi connectivity index (χ4n) is 4.05. The molecule has 9 nitrogen and oxygen atoms in total. The summed E-state index contributed by atoms with van der Waals surface area (Å²) < 4.78 is 15.8. The molecule has 0 fully saturated rings. The van der Waals surface area contributed by atoms with Gasteiger partial charge < -0.3 is 29.7 Å². The Hall–Kier alpha value is -4.05. The van der Waals surface area contributed by atoms with E-state index in [2.05, 4.69) is 15.8 Å². The van der Waals surface area contributed by atoms with Crippen LogP contribution in [-0.2, 0) is 4.79 Å². The maximum absolute atomic E-state index is 13.6. The second kappa shape index (κ2) is 9.67. The van der Waals surface area contributed by atoms with E-state index < -0.39 is 6.04 Å². The molecule has 0 unspecified atom stereocenters. The van der Waals surface area contributed by atoms with Gasteiger partial charge in [-0.15, -0.1) is 0 Å². The van der Waals surface area contributed by atoms with Gasteiger partial charge in [0.25, 0.3) is 5.91 Å². The van der Waals surface area contributed by atoms with Crippen molar-refractivity contribution < 1.29 is 23.9 Å². The molecular weight excluding hydrogens is 468 g/mol. The van der Waals surface area contributed by atoms with Crippen LogP contribution in [-0.4, -0.2) is 35.5 Å². The quantitative estimate of drug-likeness (QED) is 0.431. The fraction of sp³-hybridized carbons (Fsp3) is 0.240. The molecule has 1 aliphatic rings. The second-order valence-corrected chi connectivity index (χ2v) is 8.49. The lowest BCUT2D eigenvalue weighted by Crippen LogP contribution is -2.48. The number of benzene rings is 2. The van der Waals surface area contributed by atoms with Crippen molar-refractivity contribution in [2.24, 2.45) is 0 Å². The summed E-state index contributed by atoms with van der Waals surface area (Å²) in [5.74, 6) is 0.751. The molecule has 2 heterocycles. The van der Waals surface area contributed by atoms with Crippen molar-refractivity contribution in [2.45, 2.75) is 26.8 Å². The number of aromatic nitrogens is 1. The number of anilines is 2. The van der Waals surface area contributed by atoms with Gasteiger partial charge in [-0.3, -0.25) is 9.69 Å². The number of nitrogens with zero attached hydrogens (tertiary/aromatic N) is 2. The average Bonchev–Trinajstić information content (AvgIpc) is 3.23. The topological polar surface area (TPSA) is 109 Å². The van der Waals surface area contributed by atoms with Crippen LogP contribution in [0.25, 0.3) is 0 Å². The van der Waals surface area contributed by atoms with Crippen LogP contribution in [0.5, 0.6) is 17.2 Å². The molecule has 1 atom stereocenters. The Morgan fingerprint density at radius 1 is 1.14 bits per heavy atom. The molecule has 4 rings (SSSR count). The van der Waals surface area contributed by atoms with Crippen LogP contribution in [0.15, 0.2) is 58.3 Å². The maximum atomic E-state index is 13.6. The lowest BCUT2D eigenvalue weighted by molar-refractivity contribution is -0.113. The summed E-state index contributed by atoms with van der Waals surface area (Å²) in [5, 5.41) is 20.8. The Morgan fingerprint density at radius 3 is 2.40 bits per heavy atom. The molecule has 3 N–H and O–H groups in total. The number of carbonyl (C=O) groups excluding carboxylic acids is 1. The first-order chi connectivity index (χ1) is 16.7. The van der Waals surface area contributed by atoms with E-state index in [4.69, 9.17) is 26.2 Å². The number of nitrogens with one attached hydrogen (secondary N) is 2. The molecule has 1 aliphatic heterocycles. The van der Waals surface area contributed by atoms with Gasteiger partial charge in [0.2, 0.25) is 5.75 Å². The predicted octanol–water partition coefficient (Wildman–Crippen LogP) is 4.36. The lowest BCUT2D eigenvalue weighted by atomic mass is 9.93. The molecule has 10 heteroatoms. The summed E-state index contributed by atoms with van der Waals surface area (Å²) >= 11 is 5.74. The Balaban J connectivity index is 1.87. The minimum Gasteiger partial charge on any atom is -0.502 e. The number of rotatable bonds is 6. The zero-order valence-electron chi connectivity index (χ0n) is 20.0. The Morgan fingerprint density at radius 2 is 1.83 bits per heavy atom. The molecule has 0 aliphatic carbocycles. The van der Waals surface area contributed by atoms with Crippen LogP contribution < -0.4 is 25.0 Å². The van der Waals surface area contributed by atoms with Crippen LogP contribution in [0.4, 0.5) is 11.5 Å². The summed E-state index contributed by atoms with van der Waals surface area (Å²) in [4.78, 5) is 15.4. The van der Waals surface area contributed by atoms with Gasteiger partial charge in [0.05, 0.1) is 25.8 Å². The minimum atomic E-state index is -0.667. The van der Waals surface area contributed by atoms with Gasteiger partial charge in [-0.25, -0.2) is 0 Å². The van der Waals surface area contributed by atoms with Gasteiger partial charge in [-0.05, 0) is 68.4 Å². The molecule has 182 valence electrons. The summed E-state index contributed by atoms with van der Waals surface area (Å²) in [6, 6.07) is 12.1. The molecule has 0 saturated heterocycles. The van der Waals surface area contributed by atoms with Gasteiger partial charge >= 0.3 is 0 Å². The number of phenols is 1. The highest BCUT2D eigenvalue weighted by molar-refractivity contribution is 7.80. The monoisotopic (exact) mass is 494 g/mol. The number of carbonyl (C=O) groups is 1. The van der Waals surface area contributed by atoms with Crippen molar-refractivity contribution >= 4 is 34.7 Å². The van der Waals surface area contributed by atoms with E-state index in [-0.39, 0.29) is 23.2 Å². The highest BCUT2D eigenvalue weighted by atomic mass is 32.1. The van der Waals surface area contributed by atoms with Crippen molar-refractivity contribution in [1.82, 2.24) is 10.5 Å². The highest BCUT2D eigenvalue weighted by Gasteiger charge is 2.36. The number of ether oxygens (including phenoxy) is 2. The van der Waals surface area contributed by atoms with Gasteiger partial charge in [-0.1, -0.05) is 17.3 Å². The SMILES string of the molecule is COc1cc([C@@H]2NC(=S)N(c3cccc(C)c3)C(C)=C2C(=O)Nc2cc(C)on2)cc(OC)c1O. The lowest BCUT2D eigenvalue weighted by Gasteiger charge is -2.38. The normalized spacial score (nSPS) is 15.6. The van der Waals surface area contributed by atoms with Gasteiger partial charge in [0.15, 0.2) is 22.4 Å². The summed E-state index contributed by atoms with van der Waals surface area (Å²) in [7, 11) is 2.89. The van der Waals surface area contributed by atoms with E-state index in [1.54, 1.807) is 25.1 Å². The third-order valence-corrected chi connectivity index (χ3v) is 5.99. The predicted molar refractivity (Wildman–Crippen MR) is 136 cm³/mol. The molecule has 3 aromatic rings. The van der Waals surface area contributed by atoms with Crippen LogP contribution in [0.3, 0.4) is 0 Å². The standard InChI is InChI=1S/C25H26N4O5S/c1-13-7-6-8-17(9-13)29-15(3)21(24(31)26-20-10-14(2)34-28-20)22(27-25(29)35)16-11-18(32-4)23(30)19(12-16)33-5/h6-12,22,30H,1-5H3,(H,27,35)(H,26,28,31)/t22-/m0/s1. The number of thiocarbonyl (C=S) groups is 1. The molecule has 0 radical (unpaired) electrons. The van der Waals surface area contributed by atoms with E-state index in [1.165, 1.54) is 14.2 Å². The molecule has 35 heavy (non-hydrogen) atoms. The van der Waals surface area contributed by atoms with Crippen molar-refractivity contribution in [2.75, 3.05) is 24.4 Å². The zero-order chi connectivity index (χ0) is 25.3. The number of aromatic hydroxyl groups is 1. The maximum Gasteiger partial charge on any atom is 0.257 e. The van der Waals surface area contributed by atoms with E-state index in [9.17, 15) is 9.90 Å². The molecule has 1 aromatic heterocycles. The van der Waals surface area contributed by atoms with Crippen LogP contribution in [0.2, 0.25) is 0 Å². The number of aryl methyl sites for hydroxylation is 2. The fourth-order valence-corrected chi connectivity index (χ4v) is 4.41. The van der Waals surface area contributed by atoms with Crippen molar-refractivity contribution in [1.29, 1.82) is 0 Å². The smallest absolute Gasteiger partial charge is 0.257 e. The third kappa shape index (κ3) is 4.65. The largest absolute Gasteiger partial charge is 0.502 e. The molecule has 0 spiro atoms. The van der Waals surface area contributed by atoms with E-state index in [0.29, 0.717) is 33.5 Å². The molecule has 0 saturated carbocycles. The second-order valence-electron chi connectivity index (χ2n) is 8.11. The first-order valence-electron chi connectivity index (χ1n) is 10.8. The Labute approximate surface area is 208 Å². The van der Waals surface area contributed by atoms with Crippen LogP contribution >= 0.6 is 12.2 Å². The highest BCUT2D eigenvalue weighted by Crippen LogP contribution is 2.42.